The lowest BCUT2D eigenvalue weighted by Gasteiger charge is -2.34. The Balaban J connectivity index is 1.67. The van der Waals surface area contributed by atoms with Crippen LogP contribution in [0.4, 0.5) is 4.79 Å². The number of benzene rings is 1. The zero-order valence-electron chi connectivity index (χ0n) is 28.2. The highest BCUT2D eigenvalue weighted by molar-refractivity contribution is 6.38. The van der Waals surface area contributed by atoms with Gasteiger partial charge in [-0.1, -0.05) is 76.8 Å². The molecule has 0 aromatic heterocycles. The molecule has 1 aliphatic heterocycles. The zero-order chi connectivity index (χ0) is 36.1. The molecule has 0 radical (unpaired) electrons. The summed E-state index contributed by atoms with van der Waals surface area (Å²) in [5.41, 5.74) is 0.307. The third kappa shape index (κ3) is 11.4. The summed E-state index contributed by atoms with van der Waals surface area (Å²) in [6.07, 6.45) is 3.39. The Morgan fingerprint density at radius 1 is 0.959 bits per heavy atom. The van der Waals surface area contributed by atoms with Gasteiger partial charge in [-0.3, -0.25) is 28.8 Å². The Labute approximate surface area is 285 Å². The standard InChI is InChI=1S/C34H47N5O10/c1-4-11-24(29(42)31(44)35-17-26(41)37-28(33(46)47)22-14-9-6-10-15-22)36-30(43)25-16-23(40)18-39(25)32(45)27(21-12-7-5-8-13-21)38-34(48)49-19-20(2)3/h6,9-10,14-15,20-21,24-25,27-28H,4-5,7-8,11-13,16-19H2,1-3H3,(H,35,44)(H,36,43)(H,37,41)(H,38,48)(H,46,47). The fourth-order valence-corrected chi connectivity index (χ4v) is 5.97. The summed E-state index contributed by atoms with van der Waals surface area (Å²) in [7, 11) is 0. The second-order valence-electron chi connectivity index (χ2n) is 12.9. The molecule has 1 aromatic carbocycles. The van der Waals surface area contributed by atoms with Crippen molar-refractivity contribution in [1.82, 2.24) is 26.2 Å². The van der Waals surface area contributed by atoms with E-state index in [1.165, 1.54) is 12.1 Å². The van der Waals surface area contributed by atoms with E-state index >= 15 is 0 Å². The SMILES string of the molecule is CCCC(NC(=O)C1CC(=O)CN1C(=O)C(NC(=O)OCC(C)C)C1CCCCC1)C(=O)C(=O)NCC(=O)NC(C(=O)O)c1ccccc1. The molecule has 1 heterocycles. The van der Waals surface area contributed by atoms with E-state index in [1.54, 1.807) is 25.1 Å². The van der Waals surface area contributed by atoms with E-state index in [9.17, 15) is 43.5 Å². The normalized spacial score (nSPS) is 18.2. The minimum Gasteiger partial charge on any atom is -0.479 e. The van der Waals surface area contributed by atoms with Crippen molar-refractivity contribution in [2.24, 2.45) is 11.8 Å². The smallest absolute Gasteiger partial charge is 0.407 e. The van der Waals surface area contributed by atoms with Crippen LogP contribution in [0.3, 0.4) is 0 Å². The first-order valence-corrected chi connectivity index (χ1v) is 16.8. The number of alkyl carbamates (subject to hydrolysis) is 1. The summed E-state index contributed by atoms with van der Waals surface area (Å²) in [5.74, 6) is -6.36. The van der Waals surface area contributed by atoms with Crippen LogP contribution in [0.1, 0.15) is 83.7 Å². The number of carbonyl (C=O) groups excluding carboxylic acids is 7. The number of Topliss-reactive ketones (excluding diaryl/α,β-unsaturated/α-hetero) is 2. The van der Waals surface area contributed by atoms with Crippen LogP contribution in [-0.2, 0) is 38.3 Å². The van der Waals surface area contributed by atoms with Gasteiger partial charge in [-0.15, -0.1) is 0 Å². The molecule has 268 valence electrons. The lowest BCUT2D eigenvalue weighted by molar-refractivity contribution is -0.144. The van der Waals surface area contributed by atoms with Crippen molar-refractivity contribution in [3.05, 3.63) is 35.9 Å². The van der Waals surface area contributed by atoms with Crippen molar-refractivity contribution in [2.45, 2.75) is 96.3 Å². The second-order valence-corrected chi connectivity index (χ2v) is 12.9. The minimum absolute atomic E-state index is 0.0435. The van der Waals surface area contributed by atoms with E-state index in [0.29, 0.717) is 24.8 Å². The minimum atomic E-state index is -1.38. The lowest BCUT2D eigenvalue weighted by atomic mass is 9.83. The summed E-state index contributed by atoms with van der Waals surface area (Å²) < 4.78 is 5.25. The Hall–Kier alpha value is -4.82. The van der Waals surface area contributed by atoms with Crippen molar-refractivity contribution in [1.29, 1.82) is 0 Å². The van der Waals surface area contributed by atoms with Crippen LogP contribution in [0.15, 0.2) is 30.3 Å². The lowest BCUT2D eigenvalue weighted by Crippen LogP contribution is -2.58. The number of ether oxygens (including phenoxy) is 1. The second kappa shape index (κ2) is 18.7. The maximum atomic E-state index is 13.9. The summed E-state index contributed by atoms with van der Waals surface area (Å²) in [5, 5.41) is 19.2. The van der Waals surface area contributed by atoms with Crippen LogP contribution >= 0.6 is 0 Å². The van der Waals surface area contributed by atoms with Gasteiger partial charge < -0.3 is 36.0 Å². The number of carboxylic acids is 1. The molecule has 3 rings (SSSR count). The Morgan fingerprint density at radius 2 is 1.63 bits per heavy atom. The van der Waals surface area contributed by atoms with Gasteiger partial charge in [0.2, 0.25) is 23.5 Å². The molecule has 15 heteroatoms. The molecule has 5 N–H and O–H groups in total. The van der Waals surface area contributed by atoms with Crippen molar-refractivity contribution >= 4 is 47.3 Å². The van der Waals surface area contributed by atoms with Gasteiger partial charge in [-0.25, -0.2) is 9.59 Å². The number of likely N-dealkylation sites (tertiary alicyclic amines) is 1. The van der Waals surface area contributed by atoms with Crippen LogP contribution in [0, 0.1) is 11.8 Å². The number of carbonyl (C=O) groups is 8. The molecule has 0 bridgehead atoms. The number of hydrogen-bond acceptors (Lipinski definition) is 9. The molecule has 0 spiro atoms. The van der Waals surface area contributed by atoms with Crippen molar-refractivity contribution in [3.8, 4) is 0 Å². The molecule has 4 unspecified atom stereocenters. The number of amides is 5. The number of aliphatic carboxylic acids is 1. The quantitative estimate of drug-likeness (QED) is 0.158. The highest BCUT2D eigenvalue weighted by Crippen LogP contribution is 2.29. The van der Waals surface area contributed by atoms with E-state index < -0.39 is 72.2 Å². The molecular formula is C34H47N5O10. The molecule has 15 nitrogen and oxygen atoms in total. The molecule has 4 atom stereocenters. The number of carboxylic acid groups (broad SMARTS) is 1. The van der Waals surface area contributed by atoms with Crippen LogP contribution in [0.5, 0.6) is 0 Å². The van der Waals surface area contributed by atoms with E-state index in [-0.39, 0.29) is 43.6 Å². The molecule has 1 saturated carbocycles. The number of nitrogens with zero attached hydrogens (tertiary/aromatic N) is 1. The van der Waals surface area contributed by atoms with Gasteiger partial charge in [0.1, 0.15) is 12.1 Å². The molecule has 49 heavy (non-hydrogen) atoms. The van der Waals surface area contributed by atoms with Crippen LogP contribution in [-0.4, -0.2) is 95.1 Å². The number of hydrogen-bond donors (Lipinski definition) is 5. The van der Waals surface area contributed by atoms with E-state index in [1.807, 2.05) is 13.8 Å². The van der Waals surface area contributed by atoms with Gasteiger partial charge in [0.15, 0.2) is 11.8 Å². The Morgan fingerprint density at radius 3 is 2.24 bits per heavy atom. The summed E-state index contributed by atoms with van der Waals surface area (Å²) in [6.45, 7) is 4.55. The third-order valence-corrected chi connectivity index (χ3v) is 8.47. The van der Waals surface area contributed by atoms with Gasteiger partial charge >= 0.3 is 12.1 Å². The van der Waals surface area contributed by atoms with Crippen LogP contribution < -0.4 is 21.3 Å². The van der Waals surface area contributed by atoms with Crippen molar-refractivity contribution in [2.75, 3.05) is 19.7 Å². The van der Waals surface area contributed by atoms with Gasteiger partial charge in [-0.2, -0.15) is 0 Å². The molecule has 5 amide bonds. The first-order valence-electron chi connectivity index (χ1n) is 16.8. The summed E-state index contributed by atoms with van der Waals surface area (Å²) in [4.78, 5) is 104. The number of nitrogens with one attached hydrogen (secondary N) is 4. The summed E-state index contributed by atoms with van der Waals surface area (Å²) >= 11 is 0. The van der Waals surface area contributed by atoms with Gasteiger partial charge in [-0.05, 0) is 36.7 Å². The van der Waals surface area contributed by atoms with Crippen LogP contribution in [0.25, 0.3) is 0 Å². The van der Waals surface area contributed by atoms with Crippen LogP contribution in [0.2, 0.25) is 0 Å². The monoisotopic (exact) mass is 685 g/mol. The van der Waals surface area contributed by atoms with Crippen molar-refractivity contribution < 1.29 is 48.2 Å². The predicted molar refractivity (Wildman–Crippen MR) is 175 cm³/mol. The molecule has 2 aliphatic rings. The largest absolute Gasteiger partial charge is 0.479 e. The highest BCUT2D eigenvalue weighted by Gasteiger charge is 2.44. The fraction of sp³-hybridized carbons (Fsp3) is 0.588. The molecule has 1 aromatic rings. The summed E-state index contributed by atoms with van der Waals surface area (Å²) in [6, 6.07) is 2.91. The van der Waals surface area contributed by atoms with E-state index in [2.05, 4.69) is 21.3 Å². The molecule has 1 aliphatic carbocycles. The topological polar surface area (TPSA) is 217 Å². The van der Waals surface area contributed by atoms with E-state index in [4.69, 9.17) is 4.74 Å². The third-order valence-electron chi connectivity index (χ3n) is 8.47. The number of rotatable bonds is 16. The highest BCUT2D eigenvalue weighted by atomic mass is 16.5. The van der Waals surface area contributed by atoms with Gasteiger partial charge in [0, 0.05) is 6.42 Å². The maximum Gasteiger partial charge on any atom is 0.407 e. The van der Waals surface area contributed by atoms with Gasteiger partial charge in [0.25, 0.3) is 5.91 Å². The average Bonchev–Trinajstić information content (AvgIpc) is 3.49. The van der Waals surface area contributed by atoms with Crippen molar-refractivity contribution in [3.63, 3.8) is 0 Å². The predicted octanol–water partition coefficient (Wildman–Crippen LogP) is 1.40. The Bertz CT molecular complexity index is 1380. The zero-order valence-corrected chi connectivity index (χ0v) is 28.2. The molecular weight excluding hydrogens is 638 g/mol. The molecule has 2 fully saturated rings. The first-order chi connectivity index (χ1) is 23.3. The van der Waals surface area contributed by atoms with Gasteiger partial charge in [0.05, 0.1) is 25.7 Å². The molecule has 1 saturated heterocycles. The fourth-order valence-electron chi connectivity index (χ4n) is 5.97. The first kappa shape index (κ1) is 38.6. The number of ketones is 2. The maximum absolute atomic E-state index is 13.9. The van der Waals surface area contributed by atoms with E-state index in [0.717, 1.165) is 24.2 Å². The average molecular weight is 686 g/mol. The Kier molecular flexibility index (Phi) is 14.7.